The van der Waals surface area contributed by atoms with Crippen molar-refractivity contribution in [2.45, 2.75) is 6.92 Å². The lowest BCUT2D eigenvalue weighted by atomic mass is 10.1. The highest BCUT2D eigenvalue weighted by Crippen LogP contribution is 2.29. The van der Waals surface area contributed by atoms with E-state index in [-0.39, 0.29) is 5.28 Å². The van der Waals surface area contributed by atoms with E-state index in [1.54, 1.807) is 24.4 Å². The van der Waals surface area contributed by atoms with Crippen LogP contribution < -0.4 is 10.2 Å². The Morgan fingerprint density at radius 3 is 2.75 bits per heavy atom. The molecule has 10 nitrogen and oxygen atoms in total. The molecule has 0 saturated carbocycles. The van der Waals surface area contributed by atoms with Crippen LogP contribution in [-0.4, -0.2) is 60.1 Å². The number of morpholine rings is 1. The summed E-state index contributed by atoms with van der Waals surface area (Å²) in [6, 6.07) is 9.01. The maximum Gasteiger partial charge on any atom is 0.414 e. The smallest absolute Gasteiger partial charge is 0.414 e. The standard InChI is InChI=1S/C21H20ClN5O5/c1-13(28)31-12-32-21(29)24-16-4-2-3-14(9-16)15-10-17-18(23-11-15)19(26-20(22)25-17)27-5-7-30-8-6-27/h2-4,9-11H,5-8,12H2,1H3,(H,24,29). The van der Waals surface area contributed by atoms with Crippen LogP contribution in [0.4, 0.5) is 16.3 Å². The van der Waals surface area contributed by atoms with Crippen LogP contribution in [0.25, 0.3) is 22.2 Å². The number of rotatable bonds is 5. The molecule has 4 rings (SSSR count). The van der Waals surface area contributed by atoms with Crippen LogP contribution in [0.15, 0.2) is 36.5 Å². The third-order valence-electron chi connectivity index (χ3n) is 4.70. The normalized spacial score (nSPS) is 13.6. The van der Waals surface area contributed by atoms with Crippen molar-refractivity contribution in [1.29, 1.82) is 0 Å². The number of benzene rings is 1. The Labute approximate surface area is 188 Å². The van der Waals surface area contributed by atoms with E-state index in [2.05, 4.69) is 29.9 Å². The number of hydrogen-bond acceptors (Lipinski definition) is 9. The molecule has 11 heteroatoms. The largest absolute Gasteiger partial charge is 0.428 e. The number of ether oxygens (including phenoxy) is 3. The molecule has 0 bridgehead atoms. The van der Waals surface area contributed by atoms with Crippen molar-refractivity contribution in [2.75, 3.05) is 43.3 Å². The first-order chi connectivity index (χ1) is 15.5. The van der Waals surface area contributed by atoms with E-state index in [1.165, 1.54) is 6.92 Å². The number of nitrogens with zero attached hydrogens (tertiary/aromatic N) is 4. The molecule has 1 aliphatic heterocycles. The van der Waals surface area contributed by atoms with E-state index in [0.717, 1.165) is 11.1 Å². The molecule has 0 unspecified atom stereocenters. The molecular formula is C21H20ClN5O5. The number of hydrogen-bond donors (Lipinski definition) is 1. The number of halogens is 1. The number of pyridine rings is 1. The molecule has 32 heavy (non-hydrogen) atoms. The number of carbonyl (C=O) groups is 2. The SMILES string of the molecule is CC(=O)OCOC(=O)Nc1cccc(-c2cnc3c(N4CCOCC4)nc(Cl)nc3c2)c1. The second-order valence-electron chi connectivity index (χ2n) is 6.90. The molecule has 0 atom stereocenters. The van der Waals surface area contributed by atoms with E-state index in [0.29, 0.717) is 48.8 Å². The Hall–Kier alpha value is -3.50. The van der Waals surface area contributed by atoms with Gasteiger partial charge in [-0.25, -0.2) is 9.78 Å². The summed E-state index contributed by atoms with van der Waals surface area (Å²) in [5.74, 6) is 0.144. The van der Waals surface area contributed by atoms with Gasteiger partial charge in [0.15, 0.2) is 5.82 Å². The third-order valence-corrected chi connectivity index (χ3v) is 4.86. The highest BCUT2D eigenvalue weighted by Gasteiger charge is 2.18. The summed E-state index contributed by atoms with van der Waals surface area (Å²) < 4.78 is 14.8. The fraction of sp³-hybridized carbons (Fsp3) is 0.286. The molecule has 3 heterocycles. The van der Waals surface area contributed by atoms with Crippen molar-refractivity contribution in [3.63, 3.8) is 0 Å². The summed E-state index contributed by atoms with van der Waals surface area (Å²) in [5, 5.41) is 2.73. The summed E-state index contributed by atoms with van der Waals surface area (Å²) in [7, 11) is 0. The van der Waals surface area contributed by atoms with Gasteiger partial charge in [-0.05, 0) is 35.4 Å². The van der Waals surface area contributed by atoms with Crippen molar-refractivity contribution in [3.8, 4) is 11.1 Å². The Bertz CT molecular complexity index is 1150. The Balaban J connectivity index is 1.56. The van der Waals surface area contributed by atoms with Gasteiger partial charge in [0.25, 0.3) is 0 Å². The predicted octanol–water partition coefficient (Wildman–Crippen LogP) is 3.25. The van der Waals surface area contributed by atoms with E-state index in [9.17, 15) is 9.59 Å². The number of aromatic nitrogens is 3. The summed E-state index contributed by atoms with van der Waals surface area (Å²) in [6.07, 6.45) is 0.983. The molecular weight excluding hydrogens is 438 g/mol. The molecule has 1 saturated heterocycles. The third kappa shape index (κ3) is 5.21. The number of anilines is 2. The van der Waals surface area contributed by atoms with E-state index < -0.39 is 18.9 Å². The van der Waals surface area contributed by atoms with Gasteiger partial charge in [-0.3, -0.25) is 15.1 Å². The molecule has 1 aromatic carbocycles. The van der Waals surface area contributed by atoms with Crippen molar-refractivity contribution in [2.24, 2.45) is 0 Å². The molecule has 2 aromatic heterocycles. The highest BCUT2D eigenvalue weighted by molar-refractivity contribution is 6.28. The second-order valence-corrected chi connectivity index (χ2v) is 7.24. The van der Waals surface area contributed by atoms with Gasteiger partial charge in [0, 0.05) is 37.5 Å². The van der Waals surface area contributed by atoms with Gasteiger partial charge in [-0.1, -0.05) is 12.1 Å². The fourth-order valence-electron chi connectivity index (χ4n) is 3.23. The molecule has 0 radical (unpaired) electrons. The first-order valence-corrected chi connectivity index (χ1v) is 10.2. The van der Waals surface area contributed by atoms with Crippen molar-refractivity contribution < 1.29 is 23.8 Å². The number of fused-ring (bicyclic) bond motifs is 1. The lowest BCUT2D eigenvalue weighted by Crippen LogP contribution is -2.37. The lowest BCUT2D eigenvalue weighted by Gasteiger charge is -2.28. The van der Waals surface area contributed by atoms with Crippen molar-refractivity contribution in [1.82, 2.24) is 15.0 Å². The van der Waals surface area contributed by atoms with Gasteiger partial charge in [0.1, 0.15) is 5.52 Å². The van der Waals surface area contributed by atoms with Gasteiger partial charge in [0.2, 0.25) is 12.1 Å². The second kappa shape index (κ2) is 9.75. The molecule has 1 aliphatic rings. The fourth-order valence-corrected chi connectivity index (χ4v) is 3.40. The lowest BCUT2D eigenvalue weighted by molar-refractivity contribution is -0.148. The Kier molecular flexibility index (Phi) is 6.62. The summed E-state index contributed by atoms with van der Waals surface area (Å²) in [4.78, 5) is 38.0. The molecule has 1 fully saturated rings. The monoisotopic (exact) mass is 457 g/mol. The van der Waals surface area contributed by atoms with Gasteiger partial charge in [-0.15, -0.1) is 0 Å². The number of nitrogens with one attached hydrogen (secondary N) is 1. The summed E-state index contributed by atoms with van der Waals surface area (Å²) >= 11 is 6.18. The Morgan fingerprint density at radius 2 is 1.97 bits per heavy atom. The molecule has 1 amide bonds. The number of carbonyl (C=O) groups excluding carboxylic acids is 2. The van der Waals surface area contributed by atoms with E-state index in [1.807, 2.05) is 12.1 Å². The summed E-state index contributed by atoms with van der Waals surface area (Å²) in [6.45, 7) is 3.40. The van der Waals surface area contributed by atoms with Gasteiger partial charge in [-0.2, -0.15) is 4.98 Å². The van der Waals surface area contributed by atoms with Crippen molar-refractivity contribution in [3.05, 3.63) is 41.8 Å². The Morgan fingerprint density at radius 1 is 1.16 bits per heavy atom. The maximum absolute atomic E-state index is 11.9. The van der Waals surface area contributed by atoms with Crippen LogP contribution in [0.2, 0.25) is 5.28 Å². The zero-order valence-corrected chi connectivity index (χ0v) is 18.0. The first-order valence-electron chi connectivity index (χ1n) is 9.83. The minimum Gasteiger partial charge on any atom is -0.428 e. The zero-order chi connectivity index (χ0) is 22.5. The minimum absolute atomic E-state index is 0.142. The molecule has 1 N–H and O–H groups in total. The molecule has 3 aromatic rings. The number of amides is 1. The van der Waals surface area contributed by atoms with Crippen LogP contribution in [0.3, 0.4) is 0 Å². The topological polar surface area (TPSA) is 116 Å². The van der Waals surface area contributed by atoms with Crippen LogP contribution in [0, 0.1) is 0 Å². The predicted molar refractivity (Wildman–Crippen MR) is 118 cm³/mol. The van der Waals surface area contributed by atoms with Crippen LogP contribution in [-0.2, 0) is 19.0 Å². The van der Waals surface area contributed by atoms with Gasteiger partial charge >= 0.3 is 12.1 Å². The highest BCUT2D eigenvalue weighted by atomic mass is 35.5. The molecule has 0 aliphatic carbocycles. The van der Waals surface area contributed by atoms with Gasteiger partial charge < -0.3 is 19.1 Å². The van der Waals surface area contributed by atoms with Crippen LogP contribution >= 0.6 is 11.6 Å². The van der Waals surface area contributed by atoms with Crippen LogP contribution in [0.1, 0.15) is 6.92 Å². The zero-order valence-electron chi connectivity index (χ0n) is 17.2. The van der Waals surface area contributed by atoms with E-state index in [4.69, 9.17) is 21.1 Å². The molecule has 166 valence electrons. The minimum atomic E-state index is -0.741. The average molecular weight is 458 g/mol. The van der Waals surface area contributed by atoms with Crippen LogP contribution in [0.5, 0.6) is 0 Å². The number of esters is 1. The average Bonchev–Trinajstić information content (AvgIpc) is 2.78. The van der Waals surface area contributed by atoms with E-state index >= 15 is 0 Å². The first kappa shape index (κ1) is 21.7. The molecule has 0 spiro atoms. The summed E-state index contributed by atoms with van der Waals surface area (Å²) in [5.41, 5.74) is 3.37. The quantitative estimate of drug-likeness (QED) is 0.350. The van der Waals surface area contributed by atoms with Gasteiger partial charge in [0.05, 0.1) is 18.7 Å². The van der Waals surface area contributed by atoms with Crippen molar-refractivity contribution >= 4 is 46.2 Å². The maximum atomic E-state index is 11.9.